The zero-order valence-electron chi connectivity index (χ0n) is 16.2. The molecule has 0 radical (unpaired) electrons. The zero-order valence-corrected chi connectivity index (χ0v) is 16.2. The van der Waals surface area contributed by atoms with Gasteiger partial charge in [-0.25, -0.2) is 0 Å². The molecule has 1 saturated heterocycles. The summed E-state index contributed by atoms with van der Waals surface area (Å²) < 4.78 is 5.12. The van der Waals surface area contributed by atoms with Crippen LogP contribution in [0.15, 0.2) is 48.5 Å². The van der Waals surface area contributed by atoms with Crippen LogP contribution in [0.25, 0.3) is 0 Å². The van der Waals surface area contributed by atoms with E-state index in [2.05, 4.69) is 15.5 Å². The van der Waals surface area contributed by atoms with Crippen molar-refractivity contribution in [2.45, 2.75) is 25.7 Å². The number of carbonyl (C=O) groups is 2. The van der Waals surface area contributed by atoms with E-state index in [1.807, 2.05) is 48.5 Å². The minimum Gasteiger partial charge on any atom is -0.497 e. The molecule has 0 aromatic heterocycles. The summed E-state index contributed by atoms with van der Waals surface area (Å²) in [4.78, 5) is 26.4. The molecule has 28 heavy (non-hydrogen) atoms. The van der Waals surface area contributed by atoms with E-state index in [9.17, 15) is 9.59 Å². The molecule has 1 fully saturated rings. The first-order chi connectivity index (χ1) is 13.6. The van der Waals surface area contributed by atoms with Crippen molar-refractivity contribution >= 4 is 23.2 Å². The zero-order chi connectivity index (χ0) is 19.8. The Morgan fingerprint density at radius 2 is 1.64 bits per heavy atom. The molecule has 0 spiro atoms. The number of nitrogens with one attached hydrogen (secondary N) is 2. The average Bonchev–Trinajstić information content (AvgIpc) is 3.24. The van der Waals surface area contributed by atoms with Crippen LogP contribution in [0.4, 0.5) is 11.4 Å². The van der Waals surface area contributed by atoms with E-state index >= 15 is 0 Å². The van der Waals surface area contributed by atoms with Gasteiger partial charge in [0.05, 0.1) is 7.11 Å². The lowest BCUT2D eigenvalue weighted by atomic mass is 10.1. The van der Waals surface area contributed by atoms with Crippen LogP contribution < -0.4 is 20.3 Å². The summed E-state index contributed by atoms with van der Waals surface area (Å²) in [6, 6.07) is 15.5. The predicted octanol–water partition coefficient (Wildman–Crippen LogP) is 2.98. The number of methoxy groups -OCH3 is 1. The van der Waals surface area contributed by atoms with Crippen LogP contribution in [0.1, 0.15) is 24.8 Å². The lowest BCUT2D eigenvalue weighted by Crippen LogP contribution is -2.29. The van der Waals surface area contributed by atoms with Crippen LogP contribution in [0.3, 0.4) is 0 Å². The molecule has 0 unspecified atom stereocenters. The van der Waals surface area contributed by atoms with Crippen LogP contribution in [0.2, 0.25) is 0 Å². The van der Waals surface area contributed by atoms with E-state index in [4.69, 9.17) is 4.74 Å². The molecule has 2 N–H and O–H groups in total. The number of benzene rings is 2. The molecule has 6 nitrogen and oxygen atoms in total. The lowest BCUT2D eigenvalue weighted by molar-refractivity contribution is -0.126. The number of anilines is 2. The quantitative estimate of drug-likeness (QED) is 0.690. The minimum absolute atomic E-state index is 0.184. The standard InChI is InChI=1S/C22H27N3O3/c1-28-20-10-4-17(5-11-20)12-13-23-21(26)16-22(27)24-18-6-8-19(9-7-18)25-14-2-3-15-25/h4-11H,2-3,12-16H2,1H3,(H,23,26)(H,24,27). The molecule has 3 rings (SSSR count). The minimum atomic E-state index is -0.309. The summed E-state index contributed by atoms with van der Waals surface area (Å²) in [5.41, 5.74) is 2.98. The summed E-state index contributed by atoms with van der Waals surface area (Å²) in [6.45, 7) is 2.66. The van der Waals surface area contributed by atoms with E-state index < -0.39 is 0 Å². The Hall–Kier alpha value is -3.02. The number of carbonyl (C=O) groups excluding carboxylic acids is 2. The average molecular weight is 381 g/mol. The first-order valence-corrected chi connectivity index (χ1v) is 9.68. The molecule has 1 aliphatic rings. The maximum absolute atomic E-state index is 12.1. The van der Waals surface area contributed by atoms with Gasteiger partial charge in [-0.3, -0.25) is 9.59 Å². The molecular formula is C22H27N3O3. The highest BCUT2D eigenvalue weighted by atomic mass is 16.5. The molecule has 2 amide bonds. The number of ether oxygens (including phenoxy) is 1. The van der Waals surface area contributed by atoms with Crippen molar-refractivity contribution in [3.63, 3.8) is 0 Å². The molecule has 0 atom stereocenters. The molecule has 1 aliphatic heterocycles. The van der Waals surface area contributed by atoms with Gasteiger partial charge in [-0.05, 0) is 61.2 Å². The summed E-state index contributed by atoms with van der Waals surface area (Å²) >= 11 is 0. The van der Waals surface area contributed by atoms with Gasteiger partial charge >= 0.3 is 0 Å². The summed E-state index contributed by atoms with van der Waals surface area (Å²) in [5.74, 6) is 0.216. The van der Waals surface area contributed by atoms with Gasteiger partial charge in [0.25, 0.3) is 0 Å². The van der Waals surface area contributed by atoms with Crippen molar-refractivity contribution in [3.8, 4) is 5.75 Å². The van der Waals surface area contributed by atoms with E-state index in [0.717, 1.165) is 24.4 Å². The molecule has 148 valence electrons. The third-order valence-electron chi connectivity index (χ3n) is 4.84. The molecular weight excluding hydrogens is 354 g/mol. The second-order valence-corrected chi connectivity index (χ2v) is 6.91. The topological polar surface area (TPSA) is 70.7 Å². The Bertz CT molecular complexity index is 782. The predicted molar refractivity (Wildman–Crippen MR) is 111 cm³/mol. The van der Waals surface area contributed by atoms with E-state index in [1.165, 1.54) is 18.5 Å². The fraction of sp³-hybridized carbons (Fsp3) is 0.364. The monoisotopic (exact) mass is 381 g/mol. The Labute approximate surface area is 165 Å². The fourth-order valence-electron chi connectivity index (χ4n) is 3.28. The van der Waals surface area contributed by atoms with Crippen LogP contribution in [0, 0.1) is 0 Å². The van der Waals surface area contributed by atoms with Crippen molar-refractivity contribution in [1.29, 1.82) is 0 Å². The lowest BCUT2D eigenvalue weighted by Gasteiger charge is -2.17. The Balaban J connectivity index is 1.38. The first-order valence-electron chi connectivity index (χ1n) is 9.68. The molecule has 2 aromatic carbocycles. The molecule has 0 bridgehead atoms. The number of hydrogen-bond acceptors (Lipinski definition) is 4. The highest BCUT2D eigenvalue weighted by molar-refractivity contribution is 6.03. The van der Waals surface area contributed by atoms with Gasteiger partial charge in [0, 0.05) is 31.0 Å². The van der Waals surface area contributed by atoms with Gasteiger partial charge in [-0.15, -0.1) is 0 Å². The van der Waals surface area contributed by atoms with Gasteiger partial charge < -0.3 is 20.3 Å². The molecule has 2 aromatic rings. The normalized spacial score (nSPS) is 13.2. The molecule has 0 aliphatic carbocycles. The number of hydrogen-bond donors (Lipinski definition) is 2. The van der Waals surface area contributed by atoms with Crippen LogP contribution in [0.5, 0.6) is 5.75 Å². The Kier molecular flexibility index (Phi) is 6.89. The van der Waals surface area contributed by atoms with Crippen molar-refractivity contribution in [1.82, 2.24) is 5.32 Å². The highest BCUT2D eigenvalue weighted by Crippen LogP contribution is 2.22. The number of rotatable bonds is 8. The maximum atomic E-state index is 12.1. The summed E-state index contributed by atoms with van der Waals surface area (Å²) in [6.07, 6.45) is 2.98. The molecule has 6 heteroatoms. The Morgan fingerprint density at radius 3 is 2.29 bits per heavy atom. The smallest absolute Gasteiger partial charge is 0.233 e. The number of nitrogens with zero attached hydrogens (tertiary/aromatic N) is 1. The summed E-state index contributed by atoms with van der Waals surface area (Å²) in [7, 11) is 1.63. The highest BCUT2D eigenvalue weighted by Gasteiger charge is 2.13. The van der Waals surface area contributed by atoms with Crippen molar-refractivity contribution in [2.24, 2.45) is 0 Å². The van der Waals surface area contributed by atoms with E-state index in [0.29, 0.717) is 18.7 Å². The van der Waals surface area contributed by atoms with Crippen molar-refractivity contribution in [2.75, 3.05) is 37.0 Å². The van der Waals surface area contributed by atoms with Crippen molar-refractivity contribution in [3.05, 3.63) is 54.1 Å². The molecule has 0 saturated carbocycles. The van der Waals surface area contributed by atoms with Gasteiger partial charge in [0.15, 0.2) is 0 Å². The van der Waals surface area contributed by atoms with Gasteiger partial charge in [-0.2, -0.15) is 0 Å². The van der Waals surface area contributed by atoms with Crippen LogP contribution in [-0.4, -0.2) is 38.6 Å². The Morgan fingerprint density at radius 1 is 0.964 bits per heavy atom. The fourth-order valence-corrected chi connectivity index (χ4v) is 3.28. The third kappa shape index (κ3) is 5.74. The first kappa shape index (κ1) is 19.7. The van der Waals surface area contributed by atoms with Gasteiger partial charge in [-0.1, -0.05) is 12.1 Å². The van der Waals surface area contributed by atoms with Crippen LogP contribution >= 0.6 is 0 Å². The molecule has 1 heterocycles. The van der Waals surface area contributed by atoms with Crippen LogP contribution in [-0.2, 0) is 16.0 Å². The van der Waals surface area contributed by atoms with E-state index in [-0.39, 0.29) is 18.2 Å². The van der Waals surface area contributed by atoms with E-state index in [1.54, 1.807) is 7.11 Å². The maximum Gasteiger partial charge on any atom is 0.233 e. The van der Waals surface area contributed by atoms with Crippen molar-refractivity contribution < 1.29 is 14.3 Å². The van der Waals surface area contributed by atoms with Gasteiger partial charge in [0.2, 0.25) is 11.8 Å². The third-order valence-corrected chi connectivity index (χ3v) is 4.84. The largest absolute Gasteiger partial charge is 0.497 e. The SMILES string of the molecule is COc1ccc(CCNC(=O)CC(=O)Nc2ccc(N3CCCC3)cc2)cc1. The second-order valence-electron chi connectivity index (χ2n) is 6.91. The number of amides is 2. The summed E-state index contributed by atoms with van der Waals surface area (Å²) in [5, 5.41) is 5.56. The second kappa shape index (κ2) is 9.78. The van der Waals surface area contributed by atoms with Gasteiger partial charge in [0.1, 0.15) is 12.2 Å².